The Morgan fingerprint density at radius 3 is 2.00 bits per heavy atom. The first-order valence-electron chi connectivity index (χ1n) is 8.01. The molecule has 0 aromatic heterocycles. The van der Waals surface area contributed by atoms with E-state index in [1.807, 2.05) is 78.9 Å². The lowest BCUT2D eigenvalue weighted by Crippen LogP contribution is -2.10. The molecule has 25 heavy (non-hydrogen) atoms. The molecule has 0 aliphatic carbocycles. The SMILES string of the molecule is COc1ccccc1C(=NN)c1ccccc1OCc1ccccc1. The van der Waals surface area contributed by atoms with Crippen molar-refractivity contribution in [1.82, 2.24) is 0 Å². The van der Waals surface area contributed by atoms with Crippen LogP contribution in [-0.4, -0.2) is 12.8 Å². The van der Waals surface area contributed by atoms with E-state index in [2.05, 4.69) is 5.10 Å². The number of rotatable bonds is 6. The standard InChI is InChI=1S/C21H20N2O2/c1-24-19-13-7-5-11-17(19)21(23-22)18-12-6-8-14-20(18)25-15-16-9-3-2-4-10-16/h2-14H,15,22H2,1H3. The Kier molecular flexibility index (Phi) is 5.32. The second-order valence-electron chi connectivity index (χ2n) is 5.45. The van der Waals surface area contributed by atoms with Crippen molar-refractivity contribution in [3.05, 3.63) is 95.6 Å². The third kappa shape index (κ3) is 3.80. The highest BCUT2D eigenvalue weighted by Crippen LogP contribution is 2.27. The van der Waals surface area contributed by atoms with Gasteiger partial charge in [0.2, 0.25) is 0 Å². The summed E-state index contributed by atoms with van der Waals surface area (Å²) in [6.45, 7) is 0.474. The van der Waals surface area contributed by atoms with Gasteiger partial charge in [-0.25, -0.2) is 0 Å². The predicted octanol–water partition coefficient (Wildman–Crippen LogP) is 3.99. The molecule has 0 saturated heterocycles. The van der Waals surface area contributed by atoms with Gasteiger partial charge in [-0.15, -0.1) is 0 Å². The maximum atomic E-state index is 6.02. The summed E-state index contributed by atoms with van der Waals surface area (Å²) in [5.74, 6) is 7.15. The van der Waals surface area contributed by atoms with Crippen LogP contribution < -0.4 is 15.3 Å². The summed E-state index contributed by atoms with van der Waals surface area (Å²) in [5.41, 5.74) is 3.37. The first kappa shape index (κ1) is 16.6. The number of methoxy groups -OCH3 is 1. The molecule has 0 spiro atoms. The van der Waals surface area contributed by atoms with Crippen molar-refractivity contribution in [3.8, 4) is 11.5 Å². The number of para-hydroxylation sites is 2. The average Bonchev–Trinajstić information content (AvgIpc) is 2.69. The molecule has 0 aliphatic heterocycles. The third-order valence-corrected chi connectivity index (χ3v) is 3.87. The topological polar surface area (TPSA) is 56.8 Å². The normalized spacial score (nSPS) is 11.2. The largest absolute Gasteiger partial charge is 0.496 e. The van der Waals surface area contributed by atoms with E-state index in [0.717, 1.165) is 22.4 Å². The van der Waals surface area contributed by atoms with Gasteiger partial charge in [-0.1, -0.05) is 54.6 Å². The molecule has 0 atom stereocenters. The molecule has 3 aromatic carbocycles. The van der Waals surface area contributed by atoms with Crippen LogP contribution in [0.3, 0.4) is 0 Å². The van der Waals surface area contributed by atoms with Crippen LogP contribution in [-0.2, 0) is 6.61 Å². The molecular formula is C21H20N2O2. The van der Waals surface area contributed by atoms with Gasteiger partial charge in [0, 0.05) is 11.1 Å². The van der Waals surface area contributed by atoms with Gasteiger partial charge in [0.05, 0.1) is 7.11 Å². The Morgan fingerprint density at radius 2 is 1.36 bits per heavy atom. The van der Waals surface area contributed by atoms with Crippen LogP contribution in [0.4, 0.5) is 0 Å². The highest BCUT2D eigenvalue weighted by atomic mass is 16.5. The van der Waals surface area contributed by atoms with Crippen LogP contribution >= 0.6 is 0 Å². The number of ether oxygens (including phenoxy) is 2. The molecule has 126 valence electrons. The number of nitrogens with zero attached hydrogens (tertiary/aromatic N) is 1. The minimum atomic E-state index is 0.474. The fraction of sp³-hybridized carbons (Fsp3) is 0.0952. The van der Waals surface area contributed by atoms with Gasteiger partial charge in [0.15, 0.2) is 0 Å². The maximum absolute atomic E-state index is 6.02. The third-order valence-electron chi connectivity index (χ3n) is 3.87. The summed E-state index contributed by atoms with van der Waals surface area (Å²) in [4.78, 5) is 0. The van der Waals surface area contributed by atoms with E-state index in [9.17, 15) is 0 Å². The second-order valence-corrected chi connectivity index (χ2v) is 5.45. The Bertz CT molecular complexity index is 861. The molecule has 0 radical (unpaired) electrons. The molecule has 0 fully saturated rings. The number of hydrogen-bond acceptors (Lipinski definition) is 4. The summed E-state index contributed by atoms with van der Waals surface area (Å²) >= 11 is 0. The van der Waals surface area contributed by atoms with Crippen LogP contribution in [0.2, 0.25) is 0 Å². The maximum Gasteiger partial charge on any atom is 0.129 e. The van der Waals surface area contributed by atoms with Crippen molar-refractivity contribution in [3.63, 3.8) is 0 Å². The summed E-state index contributed by atoms with van der Waals surface area (Å²) in [6.07, 6.45) is 0. The fourth-order valence-corrected chi connectivity index (χ4v) is 2.65. The Morgan fingerprint density at radius 1 is 0.800 bits per heavy atom. The highest BCUT2D eigenvalue weighted by Gasteiger charge is 2.16. The number of hydrazone groups is 1. The molecule has 0 unspecified atom stereocenters. The van der Waals surface area contributed by atoms with E-state index in [-0.39, 0.29) is 0 Å². The van der Waals surface area contributed by atoms with Crippen LogP contribution in [0.15, 0.2) is 84.0 Å². The van der Waals surface area contributed by atoms with Crippen LogP contribution in [0.5, 0.6) is 11.5 Å². The smallest absolute Gasteiger partial charge is 0.129 e. The van der Waals surface area contributed by atoms with E-state index >= 15 is 0 Å². The zero-order chi connectivity index (χ0) is 17.5. The zero-order valence-electron chi connectivity index (χ0n) is 14.1. The van der Waals surface area contributed by atoms with Crippen LogP contribution in [0.1, 0.15) is 16.7 Å². The quantitative estimate of drug-likeness (QED) is 0.422. The molecule has 4 heteroatoms. The molecule has 4 nitrogen and oxygen atoms in total. The summed E-state index contributed by atoms with van der Waals surface area (Å²) in [5, 5.41) is 4.01. The van der Waals surface area contributed by atoms with E-state index < -0.39 is 0 Å². The fourth-order valence-electron chi connectivity index (χ4n) is 2.65. The van der Waals surface area contributed by atoms with Gasteiger partial charge in [-0.3, -0.25) is 0 Å². The first-order chi connectivity index (χ1) is 12.3. The lowest BCUT2D eigenvalue weighted by atomic mass is 10.0. The summed E-state index contributed by atoms with van der Waals surface area (Å²) in [6, 6.07) is 25.4. The van der Waals surface area contributed by atoms with E-state index in [0.29, 0.717) is 18.1 Å². The van der Waals surface area contributed by atoms with Gasteiger partial charge in [0.1, 0.15) is 23.8 Å². The van der Waals surface area contributed by atoms with Crippen molar-refractivity contribution < 1.29 is 9.47 Å². The number of hydrogen-bond donors (Lipinski definition) is 1. The average molecular weight is 332 g/mol. The lowest BCUT2D eigenvalue weighted by Gasteiger charge is -2.15. The van der Waals surface area contributed by atoms with E-state index in [1.54, 1.807) is 7.11 Å². The van der Waals surface area contributed by atoms with Crippen molar-refractivity contribution in [2.75, 3.05) is 7.11 Å². The Balaban J connectivity index is 1.93. The van der Waals surface area contributed by atoms with Crippen LogP contribution in [0, 0.1) is 0 Å². The molecule has 3 aromatic rings. The minimum Gasteiger partial charge on any atom is -0.496 e. The number of nitrogens with two attached hydrogens (primary N) is 1. The van der Waals surface area contributed by atoms with Gasteiger partial charge < -0.3 is 15.3 Å². The predicted molar refractivity (Wildman–Crippen MR) is 100 cm³/mol. The van der Waals surface area contributed by atoms with E-state index in [4.69, 9.17) is 15.3 Å². The van der Waals surface area contributed by atoms with Crippen LogP contribution in [0.25, 0.3) is 0 Å². The van der Waals surface area contributed by atoms with Crippen molar-refractivity contribution in [2.24, 2.45) is 10.9 Å². The molecule has 0 saturated carbocycles. The molecule has 0 bridgehead atoms. The summed E-state index contributed by atoms with van der Waals surface area (Å²) < 4.78 is 11.5. The molecule has 3 rings (SSSR count). The summed E-state index contributed by atoms with van der Waals surface area (Å²) in [7, 11) is 1.63. The molecule has 0 aliphatic rings. The van der Waals surface area contributed by atoms with Gasteiger partial charge in [-0.2, -0.15) is 5.10 Å². The van der Waals surface area contributed by atoms with Crippen molar-refractivity contribution in [1.29, 1.82) is 0 Å². The van der Waals surface area contributed by atoms with E-state index in [1.165, 1.54) is 0 Å². The second kappa shape index (κ2) is 8.02. The van der Waals surface area contributed by atoms with Crippen molar-refractivity contribution >= 4 is 5.71 Å². The molecule has 0 heterocycles. The Labute approximate surface area is 147 Å². The lowest BCUT2D eigenvalue weighted by molar-refractivity contribution is 0.305. The van der Waals surface area contributed by atoms with Gasteiger partial charge in [0.25, 0.3) is 0 Å². The molecular weight excluding hydrogens is 312 g/mol. The Hall–Kier alpha value is -3.27. The molecule has 2 N–H and O–H groups in total. The highest BCUT2D eigenvalue weighted by molar-refractivity contribution is 6.15. The first-order valence-corrected chi connectivity index (χ1v) is 8.01. The zero-order valence-corrected chi connectivity index (χ0v) is 14.1. The number of benzene rings is 3. The van der Waals surface area contributed by atoms with Gasteiger partial charge >= 0.3 is 0 Å². The van der Waals surface area contributed by atoms with Crippen molar-refractivity contribution in [2.45, 2.75) is 6.61 Å². The monoisotopic (exact) mass is 332 g/mol. The molecule has 0 amide bonds. The van der Waals surface area contributed by atoms with Gasteiger partial charge in [-0.05, 0) is 29.8 Å². The minimum absolute atomic E-state index is 0.474.